The number of rotatable bonds is 4. The zero-order valence-electron chi connectivity index (χ0n) is 8.47. The van der Waals surface area contributed by atoms with Gasteiger partial charge in [0.2, 0.25) is 0 Å². The third-order valence-corrected chi connectivity index (χ3v) is 1.21. The minimum atomic E-state index is -4.64. The van der Waals surface area contributed by atoms with Crippen LogP contribution < -0.4 is 0 Å². The van der Waals surface area contributed by atoms with Gasteiger partial charge in [-0.05, 0) is 27.1 Å². The molecule has 82 valence electrons. The van der Waals surface area contributed by atoms with Crippen molar-refractivity contribution in [3.05, 3.63) is 0 Å². The van der Waals surface area contributed by atoms with E-state index in [0.717, 1.165) is 0 Å². The van der Waals surface area contributed by atoms with Crippen LogP contribution in [0.25, 0.3) is 0 Å². The smallest absolute Gasteiger partial charge is 0.309 e. The normalized spacial score (nSPS) is 11.0. The van der Waals surface area contributed by atoms with Crippen molar-refractivity contribution in [3.63, 3.8) is 0 Å². The van der Waals surface area contributed by atoms with Gasteiger partial charge in [-0.3, -0.25) is 0 Å². The van der Waals surface area contributed by atoms with Crippen LogP contribution in [0.15, 0.2) is 0 Å². The Morgan fingerprint density at radius 1 is 1.15 bits per heavy atom. The van der Waals surface area contributed by atoms with Crippen LogP contribution in [0.2, 0.25) is 0 Å². The predicted octanol–water partition coefficient (Wildman–Crippen LogP) is 0.810. The van der Waals surface area contributed by atoms with Crippen molar-refractivity contribution < 1.29 is 19.2 Å². The summed E-state index contributed by atoms with van der Waals surface area (Å²) in [5.74, 6) is 0. The molecule has 0 aliphatic carbocycles. The lowest BCUT2D eigenvalue weighted by Crippen LogP contribution is -2.12. The monoisotopic (exact) mass is 213 g/mol. The first-order valence-electron chi connectivity index (χ1n) is 4.20. The van der Waals surface area contributed by atoms with E-state index in [1.165, 1.54) is 25.8 Å². The molecule has 0 saturated carbocycles. The van der Waals surface area contributed by atoms with E-state index in [2.05, 4.69) is 25.9 Å². The second-order valence-electron chi connectivity index (χ2n) is 3.02. The van der Waals surface area contributed by atoms with Crippen LogP contribution in [0, 0.1) is 0 Å². The van der Waals surface area contributed by atoms with E-state index >= 15 is 0 Å². The number of phosphoric acid groups is 1. The molecule has 0 heterocycles. The molecule has 0 saturated heterocycles. The molecule has 6 heteroatoms. The Morgan fingerprint density at radius 3 is 1.77 bits per heavy atom. The van der Waals surface area contributed by atoms with E-state index in [-0.39, 0.29) is 0 Å². The molecule has 13 heavy (non-hydrogen) atoms. The topological polar surface area (TPSA) is 81.0 Å². The summed E-state index contributed by atoms with van der Waals surface area (Å²) >= 11 is 0. The lowest BCUT2D eigenvalue weighted by molar-refractivity contribution is 0.275. The van der Waals surface area contributed by atoms with Gasteiger partial charge in [-0.2, -0.15) is 0 Å². The Hall–Kier alpha value is 0.0700. The lowest BCUT2D eigenvalue weighted by Gasteiger charge is -2.06. The highest BCUT2D eigenvalue weighted by Gasteiger charge is 2.00. The fourth-order valence-corrected chi connectivity index (χ4v) is 0.678. The largest absolute Gasteiger partial charge is 0.466 e. The van der Waals surface area contributed by atoms with E-state index in [4.69, 9.17) is 19.2 Å². The Bertz CT molecular complexity index is 137. The first-order valence-corrected chi connectivity index (χ1v) is 5.77. The maximum atomic E-state index is 8.88. The summed E-state index contributed by atoms with van der Waals surface area (Å²) in [6.07, 6.45) is 4.05. The Kier molecular flexibility index (Phi) is 10.3. The number of hydrogen-bond donors (Lipinski definition) is 3. The maximum Gasteiger partial charge on any atom is 0.466 e. The average molecular weight is 213 g/mol. The molecule has 0 aliphatic heterocycles. The van der Waals surface area contributed by atoms with Gasteiger partial charge in [-0.25, -0.2) is 4.57 Å². The molecule has 0 rings (SSSR count). The highest BCUT2D eigenvalue weighted by Crippen LogP contribution is 2.25. The van der Waals surface area contributed by atoms with E-state index in [9.17, 15) is 0 Å². The third-order valence-electron chi connectivity index (χ3n) is 1.21. The molecule has 0 unspecified atom stereocenters. The summed E-state index contributed by atoms with van der Waals surface area (Å²) in [4.78, 5) is 23.8. The summed E-state index contributed by atoms with van der Waals surface area (Å²) in [6, 6.07) is 0. The molecule has 0 spiro atoms. The third kappa shape index (κ3) is 47.6. The average Bonchev–Trinajstić information content (AvgIpc) is 1.83. The Labute approximate surface area is 79.6 Å². The van der Waals surface area contributed by atoms with Gasteiger partial charge >= 0.3 is 7.82 Å². The predicted molar refractivity (Wildman–Crippen MR) is 52.3 cm³/mol. The molecule has 0 aromatic rings. The molecule has 3 N–H and O–H groups in total. The molecule has 0 radical (unpaired) electrons. The van der Waals surface area contributed by atoms with Crippen molar-refractivity contribution in [3.8, 4) is 0 Å². The van der Waals surface area contributed by atoms with E-state index < -0.39 is 7.82 Å². The van der Waals surface area contributed by atoms with Crippen LogP contribution in [-0.2, 0) is 4.57 Å². The number of nitrogens with zero attached hydrogens (tertiary/aromatic N) is 1. The van der Waals surface area contributed by atoms with Crippen LogP contribution in [0.1, 0.15) is 26.2 Å². The molecule has 0 amide bonds. The van der Waals surface area contributed by atoms with Crippen molar-refractivity contribution in [1.82, 2.24) is 4.90 Å². The fourth-order valence-electron chi connectivity index (χ4n) is 0.678. The first-order chi connectivity index (χ1) is 5.77. The van der Waals surface area contributed by atoms with Crippen molar-refractivity contribution in [2.24, 2.45) is 0 Å². The lowest BCUT2D eigenvalue weighted by atomic mass is 10.2. The van der Waals surface area contributed by atoms with Crippen molar-refractivity contribution >= 4 is 7.82 Å². The van der Waals surface area contributed by atoms with Crippen molar-refractivity contribution in [2.75, 3.05) is 20.6 Å². The highest BCUT2D eigenvalue weighted by molar-refractivity contribution is 7.45. The Morgan fingerprint density at radius 2 is 1.54 bits per heavy atom. The van der Waals surface area contributed by atoms with Gasteiger partial charge in [0.05, 0.1) is 0 Å². The molecule has 0 aromatic heterocycles. The minimum Gasteiger partial charge on any atom is -0.309 e. The minimum absolute atomic E-state index is 1.24. The summed E-state index contributed by atoms with van der Waals surface area (Å²) in [7, 11) is -0.398. The maximum absolute atomic E-state index is 8.88. The SMILES string of the molecule is CCCCCN(C)C.O=P(O)(O)O. The molecule has 0 bridgehead atoms. The standard InChI is InChI=1S/C7H17N.H3O4P/c1-4-5-6-7-8(2)3;1-5(2,3)4/h4-7H2,1-3H3;(H3,1,2,3,4). The molecular weight excluding hydrogens is 193 g/mol. The van der Waals surface area contributed by atoms with Gasteiger partial charge < -0.3 is 19.6 Å². The van der Waals surface area contributed by atoms with Crippen LogP contribution >= 0.6 is 7.82 Å². The molecular formula is C7H20NO4P. The molecule has 0 aliphatic rings. The van der Waals surface area contributed by atoms with Gasteiger partial charge in [0.25, 0.3) is 0 Å². The van der Waals surface area contributed by atoms with Crippen molar-refractivity contribution in [1.29, 1.82) is 0 Å². The fraction of sp³-hybridized carbons (Fsp3) is 1.00. The summed E-state index contributed by atoms with van der Waals surface area (Å²) in [5, 5.41) is 0. The van der Waals surface area contributed by atoms with Crippen LogP contribution in [0.5, 0.6) is 0 Å². The van der Waals surface area contributed by atoms with Gasteiger partial charge in [-0.1, -0.05) is 19.8 Å². The highest BCUT2D eigenvalue weighted by atomic mass is 31.2. The Balaban J connectivity index is 0. The van der Waals surface area contributed by atoms with Gasteiger partial charge in [0.1, 0.15) is 0 Å². The van der Waals surface area contributed by atoms with Crippen LogP contribution in [0.4, 0.5) is 0 Å². The second kappa shape index (κ2) is 8.66. The van der Waals surface area contributed by atoms with E-state index in [1.54, 1.807) is 0 Å². The number of hydrogen-bond acceptors (Lipinski definition) is 2. The first kappa shape index (κ1) is 15.5. The summed E-state index contributed by atoms with van der Waals surface area (Å²) < 4.78 is 8.88. The van der Waals surface area contributed by atoms with E-state index in [0.29, 0.717) is 0 Å². The van der Waals surface area contributed by atoms with Gasteiger partial charge in [0, 0.05) is 0 Å². The molecule has 0 aromatic carbocycles. The summed E-state index contributed by atoms with van der Waals surface area (Å²) in [5.41, 5.74) is 0. The van der Waals surface area contributed by atoms with Crippen LogP contribution in [0.3, 0.4) is 0 Å². The zero-order chi connectivity index (χ0) is 10.9. The number of unbranched alkanes of at least 4 members (excludes halogenated alkanes) is 2. The van der Waals surface area contributed by atoms with Gasteiger partial charge in [0.15, 0.2) is 0 Å². The molecule has 0 fully saturated rings. The van der Waals surface area contributed by atoms with E-state index in [1.807, 2.05) is 0 Å². The second-order valence-corrected chi connectivity index (χ2v) is 4.05. The summed E-state index contributed by atoms with van der Waals surface area (Å²) in [6.45, 7) is 3.48. The molecule has 5 nitrogen and oxygen atoms in total. The van der Waals surface area contributed by atoms with Gasteiger partial charge in [-0.15, -0.1) is 0 Å². The quantitative estimate of drug-likeness (QED) is 0.475. The van der Waals surface area contributed by atoms with Crippen molar-refractivity contribution in [2.45, 2.75) is 26.2 Å². The zero-order valence-corrected chi connectivity index (χ0v) is 9.37. The van der Waals surface area contributed by atoms with Crippen LogP contribution in [-0.4, -0.2) is 40.2 Å². The molecule has 0 atom stereocenters.